The second-order valence-electron chi connectivity index (χ2n) is 5.66. The Labute approximate surface area is 144 Å². The van der Waals surface area contributed by atoms with Crippen molar-refractivity contribution in [3.8, 4) is 5.75 Å². The Morgan fingerprint density at radius 2 is 2.05 bits per heavy atom. The highest BCUT2D eigenvalue weighted by Crippen LogP contribution is 2.48. The van der Waals surface area contributed by atoms with Gasteiger partial charge in [-0.25, -0.2) is 0 Å². The largest absolute Gasteiger partial charge is 0.492 e. The summed E-state index contributed by atoms with van der Waals surface area (Å²) in [6.07, 6.45) is 3.77. The van der Waals surface area contributed by atoms with Crippen molar-refractivity contribution in [3.05, 3.63) is 26.6 Å². The fraction of sp³-hybridized carbons (Fsp3) is 0.625. The van der Waals surface area contributed by atoms with Crippen LogP contribution in [0, 0.1) is 5.41 Å². The van der Waals surface area contributed by atoms with Crippen LogP contribution in [0.1, 0.15) is 31.7 Å². The third kappa shape index (κ3) is 4.95. The number of rotatable bonds is 9. The van der Waals surface area contributed by atoms with Gasteiger partial charge in [0.2, 0.25) is 0 Å². The minimum atomic E-state index is 0.463. The van der Waals surface area contributed by atoms with E-state index in [0.29, 0.717) is 12.0 Å². The number of ether oxygens (including phenoxy) is 2. The Bertz CT molecular complexity index is 476. The summed E-state index contributed by atoms with van der Waals surface area (Å²) in [5, 5.41) is 3.59. The lowest BCUT2D eigenvalue weighted by molar-refractivity contribution is 0.171. The van der Waals surface area contributed by atoms with Crippen molar-refractivity contribution in [1.82, 2.24) is 5.32 Å². The molecule has 118 valence electrons. The van der Waals surface area contributed by atoms with Gasteiger partial charge >= 0.3 is 0 Å². The standard InChI is InChI=1S/C16H23Br2NO2/c1-3-21-15-12(8-13(17)9-14(15)18)10-19-11-16(4-5-16)6-7-20-2/h8-9,19H,3-7,10-11H2,1-2H3. The number of nitrogens with one attached hydrogen (secondary N) is 1. The Morgan fingerprint density at radius 3 is 2.67 bits per heavy atom. The maximum atomic E-state index is 5.76. The molecule has 2 rings (SSSR count). The topological polar surface area (TPSA) is 30.5 Å². The van der Waals surface area contributed by atoms with Gasteiger partial charge in [0.15, 0.2) is 0 Å². The van der Waals surface area contributed by atoms with Gasteiger partial charge in [-0.3, -0.25) is 0 Å². The molecule has 0 unspecified atom stereocenters. The third-order valence-electron chi connectivity index (χ3n) is 3.98. The lowest BCUT2D eigenvalue weighted by Gasteiger charge is -2.17. The fourth-order valence-electron chi connectivity index (χ4n) is 2.52. The zero-order valence-corrected chi connectivity index (χ0v) is 15.8. The minimum Gasteiger partial charge on any atom is -0.492 e. The lowest BCUT2D eigenvalue weighted by Crippen LogP contribution is -2.25. The summed E-state index contributed by atoms with van der Waals surface area (Å²) < 4.78 is 13.0. The average Bonchev–Trinajstić information content (AvgIpc) is 3.21. The molecule has 0 aliphatic heterocycles. The van der Waals surface area contributed by atoms with Crippen LogP contribution in [-0.4, -0.2) is 26.9 Å². The number of hydrogen-bond acceptors (Lipinski definition) is 3. The minimum absolute atomic E-state index is 0.463. The maximum absolute atomic E-state index is 5.76. The summed E-state index contributed by atoms with van der Waals surface area (Å²) >= 11 is 7.12. The van der Waals surface area contributed by atoms with E-state index in [1.54, 1.807) is 7.11 Å². The van der Waals surface area contributed by atoms with Crippen LogP contribution in [0.15, 0.2) is 21.1 Å². The lowest BCUT2D eigenvalue weighted by atomic mass is 10.0. The summed E-state index contributed by atoms with van der Waals surface area (Å²) in [4.78, 5) is 0. The van der Waals surface area contributed by atoms with Gasteiger partial charge in [0.25, 0.3) is 0 Å². The molecule has 21 heavy (non-hydrogen) atoms. The highest BCUT2D eigenvalue weighted by Gasteiger charge is 2.41. The second kappa shape index (κ2) is 7.95. The summed E-state index contributed by atoms with van der Waals surface area (Å²) in [6.45, 7) is 5.41. The molecule has 1 aromatic carbocycles. The van der Waals surface area contributed by atoms with E-state index in [-0.39, 0.29) is 0 Å². The monoisotopic (exact) mass is 419 g/mol. The molecule has 1 N–H and O–H groups in total. The molecule has 1 fully saturated rings. The van der Waals surface area contributed by atoms with Crippen molar-refractivity contribution in [2.24, 2.45) is 5.41 Å². The number of benzene rings is 1. The van der Waals surface area contributed by atoms with Gasteiger partial charge in [-0.05, 0) is 59.7 Å². The molecule has 0 saturated heterocycles. The number of methoxy groups -OCH3 is 1. The molecule has 0 radical (unpaired) electrons. The van der Waals surface area contributed by atoms with Crippen molar-refractivity contribution >= 4 is 31.9 Å². The van der Waals surface area contributed by atoms with Gasteiger partial charge < -0.3 is 14.8 Å². The molecule has 1 aliphatic rings. The molecule has 1 aromatic rings. The molecule has 0 spiro atoms. The molecule has 0 atom stereocenters. The van der Waals surface area contributed by atoms with Gasteiger partial charge in [0.05, 0.1) is 11.1 Å². The molecule has 0 aromatic heterocycles. The first kappa shape index (κ1) is 17.3. The molecule has 0 amide bonds. The highest BCUT2D eigenvalue weighted by atomic mass is 79.9. The van der Waals surface area contributed by atoms with E-state index in [2.05, 4.69) is 43.2 Å². The maximum Gasteiger partial charge on any atom is 0.138 e. The van der Waals surface area contributed by atoms with Crippen LogP contribution in [0.5, 0.6) is 5.75 Å². The Hall–Kier alpha value is -0.100. The van der Waals surface area contributed by atoms with E-state index in [9.17, 15) is 0 Å². The van der Waals surface area contributed by atoms with E-state index in [4.69, 9.17) is 9.47 Å². The molecule has 0 heterocycles. The molecule has 3 nitrogen and oxygen atoms in total. The summed E-state index contributed by atoms with van der Waals surface area (Å²) in [5.41, 5.74) is 1.64. The Morgan fingerprint density at radius 1 is 1.29 bits per heavy atom. The Balaban J connectivity index is 1.93. The molecular formula is C16H23Br2NO2. The van der Waals surface area contributed by atoms with Crippen LogP contribution in [0.2, 0.25) is 0 Å². The van der Waals surface area contributed by atoms with Crippen molar-refractivity contribution in [1.29, 1.82) is 0 Å². The SMILES string of the molecule is CCOc1c(Br)cc(Br)cc1CNCC1(CCOC)CC1. The predicted molar refractivity (Wildman–Crippen MR) is 92.9 cm³/mol. The van der Waals surface area contributed by atoms with E-state index in [0.717, 1.165) is 40.8 Å². The van der Waals surface area contributed by atoms with E-state index in [1.807, 2.05) is 13.0 Å². The molecule has 1 saturated carbocycles. The predicted octanol–water partition coefficient (Wildman–Crippen LogP) is 4.52. The van der Waals surface area contributed by atoms with Crippen LogP contribution >= 0.6 is 31.9 Å². The second-order valence-corrected chi connectivity index (χ2v) is 7.43. The van der Waals surface area contributed by atoms with Gasteiger partial charge in [-0.2, -0.15) is 0 Å². The van der Waals surface area contributed by atoms with Gasteiger partial charge in [0, 0.05) is 36.8 Å². The van der Waals surface area contributed by atoms with E-state index in [1.165, 1.54) is 18.4 Å². The first-order valence-electron chi connectivity index (χ1n) is 7.40. The van der Waals surface area contributed by atoms with Gasteiger partial charge in [-0.15, -0.1) is 0 Å². The van der Waals surface area contributed by atoms with Gasteiger partial charge in [-0.1, -0.05) is 15.9 Å². The van der Waals surface area contributed by atoms with E-state index >= 15 is 0 Å². The van der Waals surface area contributed by atoms with Crippen LogP contribution < -0.4 is 10.1 Å². The molecule has 0 bridgehead atoms. The molecular weight excluding hydrogens is 398 g/mol. The third-order valence-corrected chi connectivity index (χ3v) is 5.03. The normalized spacial score (nSPS) is 16.0. The zero-order chi connectivity index (χ0) is 15.3. The van der Waals surface area contributed by atoms with E-state index < -0.39 is 0 Å². The van der Waals surface area contributed by atoms with Crippen molar-refractivity contribution < 1.29 is 9.47 Å². The smallest absolute Gasteiger partial charge is 0.138 e. The Kier molecular flexibility index (Phi) is 6.53. The quantitative estimate of drug-likeness (QED) is 0.637. The van der Waals surface area contributed by atoms with Crippen molar-refractivity contribution in [3.63, 3.8) is 0 Å². The molecule has 1 aliphatic carbocycles. The molecule has 5 heteroatoms. The first-order valence-corrected chi connectivity index (χ1v) is 8.99. The van der Waals surface area contributed by atoms with Crippen LogP contribution in [0.3, 0.4) is 0 Å². The fourth-order valence-corrected chi connectivity index (χ4v) is 3.95. The van der Waals surface area contributed by atoms with Crippen LogP contribution in [0.25, 0.3) is 0 Å². The zero-order valence-electron chi connectivity index (χ0n) is 12.7. The van der Waals surface area contributed by atoms with Crippen LogP contribution in [0.4, 0.5) is 0 Å². The summed E-state index contributed by atoms with van der Waals surface area (Å²) in [7, 11) is 1.77. The van der Waals surface area contributed by atoms with Crippen molar-refractivity contribution in [2.75, 3.05) is 26.9 Å². The van der Waals surface area contributed by atoms with Crippen molar-refractivity contribution in [2.45, 2.75) is 32.7 Å². The number of halogens is 2. The summed E-state index contributed by atoms with van der Waals surface area (Å²) in [5.74, 6) is 0.940. The highest BCUT2D eigenvalue weighted by molar-refractivity contribution is 9.11. The average molecular weight is 421 g/mol. The van der Waals surface area contributed by atoms with Gasteiger partial charge in [0.1, 0.15) is 5.75 Å². The summed E-state index contributed by atoms with van der Waals surface area (Å²) in [6, 6.07) is 4.15. The number of hydrogen-bond donors (Lipinski definition) is 1. The van der Waals surface area contributed by atoms with Crippen LogP contribution in [-0.2, 0) is 11.3 Å². The first-order chi connectivity index (χ1) is 10.1.